The van der Waals surface area contributed by atoms with Crippen LogP contribution in [0.15, 0.2) is 24.3 Å². The molecule has 1 aromatic carbocycles. The molecule has 4 rings (SSSR count). The van der Waals surface area contributed by atoms with Crippen LogP contribution in [0.4, 0.5) is 0 Å². The van der Waals surface area contributed by atoms with Gasteiger partial charge in [0.1, 0.15) is 6.10 Å². The highest BCUT2D eigenvalue weighted by molar-refractivity contribution is 5.78. The van der Waals surface area contributed by atoms with E-state index in [0.29, 0.717) is 17.2 Å². The van der Waals surface area contributed by atoms with Gasteiger partial charge in [-0.05, 0) is 12.1 Å². The summed E-state index contributed by atoms with van der Waals surface area (Å²) in [5.41, 5.74) is 0.824. The molecule has 3 aliphatic rings. The molecule has 0 saturated carbocycles. The maximum atomic E-state index is 12.2. The fourth-order valence-electron chi connectivity index (χ4n) is 3.83. The Balaban J connectivity index is 1.76. The molecule has 0 amide bonds. The maximum Gasteiger partial charge on any atom is 0.313 e. The lowest BCUT2D eigenvalue weighted by Gasteiger charge is -2.22. The van der Waals surface area contributed by atoms with Gasteiger partial charge in [0.25, 0.3) is 0 Å². The summed E-state index contributed by atoms with van der Waals surface area (Å²) >= 11 is 0. The van der Waals surface area contributed by atoms with Crippen LogP contribution in [0.25, 0.3) is 0 Å². The van der Waals surface area contributed by atoms with E-state index in [1.165, 1.54) is 0 Å². The third-order valence-corrected chi connectivity index (χ3v) is 4.83. The first-order valence-electron chi connectivity index (χ1n) is 7.52. The molecule has 3 aliphatic heterocycles. The molecule has 2 bridgehead atoms. The minimum atomic E-state index is -0.374. The summed E-state index contributed by atoms with van der Waals surface area (Å²) in [6.07, 6.45) is 3.34. The van der Waals surface area contributed by atoms with Crippen molar-refractivity contribution in [1.29, 1.82) is 0 Å². The van der Waals surface area contributed by atoms with Crippen LogP contribution in [0.5, 0.6) is 17.2 Å². The van der Waals surface area contributed by atoms with Gasteiger partial charge in [-0.3, -0.25) is 4.79 Å². The zero-order chi connectivity index (χ0) is 16.1. The summed E-state index contributed by atoms with van der Waals surface area (Å²) in [7, 11) is 4.68. The maximum absolute atomic E-state index is 12.2. The SMILES string of the molecule is COc1cc([C@H]2OC(=O)[C@H]3[C@@H]2[C@@H]2C=C[C@H]3O2)cc(OC)c1OC. The largest absolute Gasteiger partial charge is 0.493 e. The molecule has 0 spiro atoms. The van der Waals surface area contributed by atoms with Gasteiger partial charge < -0.3 is 23.7 Å². The molecular formula is C17H18O6. The van der Waals surface area contributed by atoms with Crippen molar-refractivity contribution >= 4 is 5.97 Å². The average Bonchev–Trinajstić information content (AvgIpc) is 3.26. The Hall–Kier alpha value is -2.21. The fourth-order valence-corrected chi connectivity index (χ4v) is 3.83. The number of rotatable bonds is 4. The first kappa shape index (κ1) is 14.4. The van der Waals surface area contributed by atoms with Crippen molar-refractivity contribution < 1.29 is 28.5 Å². The predicted octanol–water partition coefficient (Wildman–Crippen LogP) is 1.88. The summed E-state index contributed by atoms with van der Waals surface area (Å²) in [6, 6.07) is 3.66. The van der Waals surface area contributed by atoms with E-state index in [9.17, 15) is 4.79 Å². The van der Waals surface area contributed by atoms with Crippen molar-refractivity contribution in [2.75, 3.05) is 21.3 Å². The topological polar surface area (TPSA) is 63.2 Å². The molecule has 2 fully saturated rings. The monoisotopic (exact) mass is 318 g/mol. The Labute approximate surface area is 133 Å². The minimum absolute atomic E-state index is 0.0136. The van der Waals surface area contributed by atoms with Crippen LogP contribution in [0.2, 0.25) is 0 Å². The van der Waals surface area contributed by atoms with Gasteiger partial charge in [-0.2, -0.15) is 0 Å². The van der Waals surface area contributed by atoms with Crippen LogP contribution in [0.3, 0.4) is 0 Å². The number of ether oxygens (including phenoxy) is 5. The van der Waals surface area contributed by atoms with Crippen molar-refractivity contribution in [1.82, 2.24) is 0 Å². The van der Waals surface area contributed by atoms with E-state index in [2.05, 4.69) is 0 Å². The molecule has 6 nitrogen and oxygen atoms in total. The van der Waals surface area contributed by atoms with E-state index in [1.807, 2.05) is 24.3 Å². The summed E-state index contributed by atoms with van der Waals surface area (Å²) in [5, 5.41) is 0. The second kappa shape index (κ2) is 5.16. The van der Waals surface area contributed by atoms with E-state index >= 15 is 0 Å². The zero-order valence-corrected chi connectivity index (χ0v) is 13.1. The molecule has 23 heavy (non-hydrogen) atoms. The Morgan fingerprint density at radius 2 is 1.61 bits per heavy atom. The number of hydrogen-bond acceptors (Lipinski definition) is 6. The van der Waals surface area contributed by atoms with E-state index < -0.39 is 0 Å². The molecule has 0 aliphatic carbocycles. The van der Waals surface area contributed by atoms with Gasteiger partial charge in [-0.1, -0.05) is 12.2 Å². The summed E-state index contributed by atoms with van der Waals surface area (Å²) in [6.45, 7) is 0. The van der Waals surface area contributed by atoms with Gasteiger partial charge in [0.2, 0.25) is 5.75 Å². The molecule has 0 radical (unpaired) electrons. The lowest BCUT2D eigenvalue weighted by molar-refractivity contribution is -0.147. The number of benzene rings is 1. The highest BCUT2D eigenvalue weighted by Crippen LogP contribution is 2.53. The second-order valence-electron chi connectivity index (χ2n) is 5.87. The van der Waals surface area contributed by atoms with Gasteiger partial charge in [-0.25, -0.2) is 0 Å². The molecule has 0 N–H and O–H groups in total. The quantitative estimate of drug-likeness (QED) is 0.624. The molecule has 0 unspecified atom stereocenters. The van der Waals surface area contributed by atoms with Crippen LogP contribution in [0, 0.1) is 11.8 Å². The van der Waals surface area contributed by atoms with Crippen LogP contribution in [0.1, 0.15) is 11.7 Å². The number of methoxy groups -OCH3 is 3. The first-order chi connectivity index (χ1) is 11.2. The van der Waals surface area contributed by atoms with Crippen molar-refractivity contribution in [3.8, 4) is 17.2 Å². The molecule has 122 valence electrons. The molecular weight excluding hydrogens is 300 g/mol. The Morgan fingerprint density at radius 3 is 2.22 bits per heavy atom. The van der Waals surface area contributed by atoms with E-state index in [-0.39, 0.29) is 36.1 Å². The van der Waals surface area contributed by atoms with E-state index in [0.717, 1.165) is 5.56 Å². The number of carbonyl (C=O) groups is 1. The van der Waals surface area contributed by atoms with Gasteiger partial charge in [0.05, 0.1) is 39.5 Å². The zero-order valence-electron chi connectivity index (χ0n) is 13.1. The van der Waals surface area contributed by atoms with Crippen LogP contribution in [-0.2, 0) is 14.3 Å². The minimum Gasteiger partial charge on any atom is -0.493 e. The smallest absolute Gasteiger partial charge is 0.313 e. The standard InChI is InChI=1S/C17H18O6/c1-19-11-6-8(7-12(20-2)16(11)21-3)15-13-9-4-5-10(22-9)14(13)17(18)23-15/h4-7,9-10,13-15H,1-3H3/t9-,10+,13-,14+,15+/m0/s1. The molecule has 5 atom stereocenters. The highest BCUT2D eigenvalue weighted by atomic mass is 16.6. The van der Waals surface area contributed by atoms with Gasteiger partial charge in [0.15, 0.2) is 11.5 Å². The molecule has 0 aromatic heterocycles. The molecule has 3 heterocycles. The molecule has 6 heteroatoms. The Bertz CT molecular complexity index is 657. The van der Waals surface area contributed by atoms with Gasteiger partial charge >= 0.3 is 5.97 Å². The number of fused-ring (bicyclic) bond motifs is 5. The summed E-state index contributed by atoms with van der Waals surface area (Å²) < 4.78 is 27.6. The van der Waals surface area contributed by atoms with Crippen molar-refractivity contribution in [2.45, 2.75) is 18.3 Å². The van der Waals surface area contributed by atoms with Crippen LogP contribution >= 0.6 is 0 Å². The Kier molecular flexibility index (Phi) is 3.23. The second-order valence-corrected chi connectivity index (χ2v) is 5.87. The number of cyclic esters (lactones) is 1. The van der Waals surface area contributed by atoms with E-state index in [1.54, 1.807) is 21.3 Å². The van der Waals surface area contributed by atoms with Crippen LogP contribution < -0.4 is 14.2 Å². The predicted molar refractivity (Wildman–Crippen MR) is 79.7 cm³/mol. The number of esters is 1. The molecule has 1 aromatic rings. The lowest BCUT2D eigenvalue weighted by atomic mass is 9.80. The lowest BCUT2D eigenvalue weighted by Crippen LogP contribution is -2.25. The highest BCUT2D eigenvalue weighted by Gasteiger charge is 2.59. The van der Waals surface area contributed by atoms with Crippen molar-refractivity contribution in [3.05, 3.63) is 29.8 Å². The summed E-state index contributed by atoms with van der Waals surface area (Å²) in [4.78, 5) is 12.2. The molecule has 2 saturated heterocycles. The first-order valence-corrected chi connectivity index (χ1v) is 7.52. The van der Waals surface area contributed by atoms with Crippen molar-refractivity contribution in [3.63, 3.8) is 0 Å². The fraction of sp³-hybridized carbons (Fsp3) is 0.471. The summed E-state index contributed by atoms with van der Waals surface area (Å²) in [5.74, 6) is 1.16. The van der Waals surface area contributed by atoms with Gasteiger partial charge in [-0.15, -0.1) is 0 Å². The average molecular weight is 318 g/mol. The third-order valence-electron chi connectivity index (χ3n) is 4.83. The van der Waals surface area contributed by atoms with Crippen LogP contribution in [-0.4, -0.2) is 39.5 Å². The third kappa shape index (κ3) is 1.94. The number of carbonyl (C=O) groups excluding carboxylic acids is 1. The normalized spacial score (nSPS) is 33.5. The van der Waals surface area contributed by atoms with E-state index in [4.69, 9.17) is 23.7 Å². The number of hydrogen-bond donors (Lipinski definition) is 0. The van der Waals surface area contributed by atoms with Crippen molar-refractivity contribution in [2.24, 2.45) is 11.8 Å². The Morgan fingerprint density at radius 1 is 0.957 bits per heavy atom. The van der Waals surface area contributed by atoms with Gasteiger partial charge in [0, 0.05) is 11.5 Å².